The molecule has 0 spiro atoms. The van der Waals surface area contributed by atoms with Crippen molar-refractivity contribution in [1.29, 1.82) is 0 Å². The molecule has 0 radical (unpaired) electrons. The zero-order valence-electron chi connectivity index (χ0n) is 20.7. The Balaban J connectivity index is 2.10. The van der Waals surface area contributed by atoms with Crippen molar-refractivity contribution in [3.63, 3.8) is 0 Å². The number of hydrogen-bond acceptors (Lipinski definition) is 11. The molecule has 36 heavy (non-hydrogen) atoms. The van der Waals surface area contributed by atoms with Crippen LogP contribution in [0.1, 0.15) is 21.0 Å². The molecule has 1 rings (SSSR count). The van der Waals surface area contributed by atoms with E-state index in [9.17, 15) is 9.59 Å². The van der Waals surface area contributed by atoms with Crippen molar-refractivity contribution in [2.24, 2.45) is 0 Å². The Bertz CT molecular complexity index is 643. The summed E-state index contributed by atoms with van der Waals surface area (Å²) in [7, 11) is 0. The van der Waals surface area contributed by atoms with Gasteiger partial charge in [-0.2, -0.15) is 0 Å². The molecule has 0 aromatic carbocycles. The van der Waals surface area contributed by atoms with E-state index in [4.69, 9.17) is 38.6 Å². The fourth-order valence-corrected chi connectivity index (χ4v) is 2.56. The number of amides is 2. The fraction of sp³-hybridized carbons (Fsp3) is 0.696. The van der Waals surface area contributed by atoms with Crippen LogP contribution in [0.25, 0.3) is 0 Å². The second kappa shape index (κ2) is 23.2. The highest BCUT2D eigenvalue weighted by molar-refractivity contribution is 5.96. The molecule has 13 heteroatoms. The van der Waals surface area contributed by atoms with Crippen LogP contribution in [0.2, 0.25) is 0 Å². The average Bonchev–Trinajstić information content (AvgIpc) is 2.90. The van der Waals surface area contributed by atoms with Gasteiger partial charge in [0.15, 0.2) is 0 Å². The van der Waals surface area contributed by atoms with Gasteiger partial charge in [0.05, 0.1) is 92.5 Å². The van der Waals surface area contributed by atoms with Gasteiger partial charge >= 0.3 is 0 Å². The molecule has 0 aliphatic rings. The van der Waals surface area contributed by atoms with E-state index in [1.54, 1.807) is 6.07 Å². The lowest BCUT2D eigenvalue weighted by molar-refractivity contribution is 0.00824. The number of carbonyl (C=O) groups is 2. The predicted molar refractivity (Wildman–Crippen MR) is 128 cm³/mol. The summed E-state index contributed by atoms with van der Waals surface area (Å²) in [5, 5.41) is 22.5. The van der Waals surface area contributed by atoms with Gasteiger partial charge in [-0.1, -0.05) is 6.07 Å². The number of pyridine rings is 1. The number of rotatable bonds is 24. The zero-order valence-corrected chi connectivity index (χ0v) is 20.7. The van der Waals surface area contributed by atoms with Crippen molar-refractivity contribution in [3.8, 4) is 0 Å². The lowest BCUT2D eigenvalue weighted by atomic mass is 10.2. The number of carbonyl (C=O) groups excluding carboxylic acids is 2. The van der Waals surface area contributed by atoms with Gasteiger partial charge in [-0.05, 0) is 12.1 Å². The molecule has 4 N–H and O–H groups in total. The Morgan fingerprint density at radius 3 is 1.28 bits per heavy atom. The maximum Gasteiger partial charge on any atom is 0.269 e. The lowest BCUT2D eigenvalue weighted by Gasteiger charge is -2.09. The molecule has 0 aliphatic heterocycles. The molecule has 0 atom stereocenters. The summed E-state index contributed by atoms with van der Waals surface area (Å²) in [6, 6.07) is 4.64. The minimum Gasteiger partial charge on any atom is -0.394 e. The molecule has 0 bridgehead atoms. The molecular weight excluding hydrogens is 478 g/mol. The largest absolute Gasteiger partial charge is 0.394 e. The monoisotopic (exact) mass is 517 g/mol. The number of nitrogens with one attached hydrogen (secondary N) is 2. The maximum absolute atomic E-state index is 12.3. The summed E-state index contributed by atoms with van der Waals surface area (Å²) in [4.78, 5) is 28.7. The van der Waals surface area contributed by atoms with Crippen molar-refractivity contribution in [1.82, 2.24) is 15.6 Å². The maximum atomic E-state index is 12.3. The Kier molecular flexibility index (Phi) is 20.5. The number of ether oxygens (including phenoxy) is 6. The van der Waals surface area contributed by atoms with Gasteiger partial charge < -0.3 is 49.3 Å². The molecule has 206 valence electrons. The van der Waals surface area contributed by atoms with E-state index in [1.165, 1.54) is 12.1 Å². The highest BCUT2D eigenvalue weighted by Crippen LogP contribution is 2.00. The van der Waals surface area contributed by atoms with Crippen molar-refractivity contribution in [2.75, 3.05) is 106 Å². The van der Waals surface area contributed by atoms with Gasteiger partial charge in [-0.3, -0.25) is 9.59 Å². The van der Waals surface area contributed by atoms with Crippen LogP contribution in [-0.2, 0) is 28.4 Å². The molecule has 2 amide bonds. The highest BCUT2D eigenvalue weighted by Gasteiger charge is 2.11. The normalized spacial score (nSPS) is 10.9. The molecular formula is C23H39N3O10. The Hall–Kier alpha value is -2.23. The third kappa shape index (κ3) is 17.2. The first-order valence-corrected chi connectivity index (χ1v) is 11.9. The highest BCUT2D eigenvalue weighted by atomic mass is 16.6. The summed E-state index contributed by atoms with van der Waals surface area (Å²) in [5.74, 6) is -0.814. The fourth-order valence-electron chi connectivity index (χ4n) is 2.56. The smallest absolute Gasteiger partial charge is 0.269 e. The lowest BCUT2D eigenvalue weighted by Crippen LogP contribution is -2.31. The number of nitrogens with zero attached hydrogens (tertiary/aromatic N) is 1. The number of aliphatic hydroxyl groups is 2. The van der Waals surface area contributed by atoms with Crippen LogP contribution in [0.15, 0.2) is 18.2 Å². The van der Waals surface area contributed by atoms with Crippen molar-refractivity contribution >= 4 is 11.8 Å². The summed E-state index contributed by atoms with van der Waals surface area (Å²) in [5.41, 5.74) is 0.260. The first-order valence-electron chi connectivity index (χ1n) is 11.9. The summed E-state index contributed by atoms with van der Waals surface area (Å²) >= 11 is 0. The van der Waals surface area contributed by atoms with Gasteiger partial charge in [0.1, 0.15) is 11.4 Å². The Morgan fingerprint density at radius 1 is 0.583 bits per heavy atom. The van der Waals surface area contributed by atoms with Gasteiger partial charge in [0.2, 0.25) is 0 Å². The first kappa shape index (κ1) is 31.8. The van der Waals surface area contributed by atoms with E-state index in [-0.39, 0.29) is 37.7 Å². The predicted octanol–water partition coefficient (Wildman–Crippen LogP) is -1.37. The summed E-state index contributed by atoms with van der Waals surface area (Å²) in [6.07, 6.45) is 0. The summed E-state index contributed by atoms with van der Waals surface area (Å²) in [6.45, 7) is 4.94. The van der Waals surface area contributed by atoms with Crippen molar-refractivity contribution < 1.29 is 48.2 Å². The molecule has 0 fully saturated rings. The van der Waals surface area contributed by atoms with E-state index in [0.717, 1.165) is 0 Å². The first-order chi connectivity index (χ1) is 17.7. The number of hydrogen-bond donors (Lipinski definition) is 4. The van der Waals surface area contributed by atoms with Crippen LogP contribution in [0.5, 0.6) is 0 Å². The molecule has 1 aromatic heterocycles. The minimum atomic E-state index is -0.407. The van der Waals surface area contributed by atoms with Crippen molar-refractivity contribution in [3.05, 3.63) is 29.6 Å². The molecule has 13 nitrogen and oxygen atoms in total. The van der Waals surface area contributed by atoms with Crippen LogP contribution >= 0.6 is 0 Å². The third-order valence-electron chi connectivity index (χ3n) is 4.24. The second-order valence-electron chi connectivity index (χ2n) is 7.04. The van der Waals surface area contributed by atoms with Crippen LogP contribution in [-0.4, -0.2) is 133 Å². The van der Waals surface area contributed by atoms with Crippen LogP contribution in [0.4, 0.5) is 0 Å². The molecule has 0 aliphatic carbocycles. The van der Waals surface area contributed by atoms with E-state index < -0.39 is 11.8 Å². The van der Waals surface area contributed by atoms with Gasteiger partial charge in [0, 0.05) is 13.1 Å². The standard InChI is InChI=1S/C23H39N3O10/c27-6-10-33-14-18-35-16-12-31-8-4-24-22(29)20-2-1-3-21(26-20)23(30)25-5-9-32-13-17-36-19-15-34-11-7-28/h1-3,27-28H,4-19H2,(H,24,29)(H,25,30). The third-order valence-corrected chi connectivity index (χ3v) is 4.24. The molecule has 0 unspecified atom stereocenters. The summed E-state index contributed by atoms with van der Waals surface area (Å²) < 4.78 is 31.5. The molecule has 0 saturated heterocycles. The van der Waals surface area contributed by atoms with E-state index in [1.807, 2.05) is 0 Å². The van der Waals surface area contributed by atoms with Crippen molar-refractivity contribution in [2.45, 2.75) is 0 Å². The van der Waals surface area contributed by atoms with Crippen LogP contribution < -0.4 is 10.6 Å². The van der Waals surface area contributed by atoms with Crippen LogP contribution in [0.3, 0.4) is 0 Å². The van der Waals surface area contributed by atoms with Gasteiger partial charge in [0.25, 0.3) is 11.8 Å². The average molecular weight is 518 g/mol. The molecule has 0 saturated carbocycles. The zero-order chi connectivity index (χ0) is 26.1. The Morgan fingerprint density at radius 2 is 0.917 bits per heavy atom. The molecule has 1 heterocycles. The SMILES string of the molecule is O=C(NCCOCCOCCOCCO)c1cccc(C(=O)NCCOCCOCCOCCO)n1. The van der Waals surface area contributed by atoms with Crippen LogP contribution in [0, 0.1) is 0 Å². The van der Waals surface area contributed by atoms with E-state index in [0.29, 0.717) is 79.3 Å². The minimum absolute atomic E-state index is 0.0139. The molecule has 1 aromatic rings. The van der Waals surface area contributed by atoms with Gasteiger partial charge in [-0.25, -0.2) is 4.98 Å². The topological polar surface area (TPSA) is 167 Å². The second-order valence-corrected chi connectivity index (χ2v) is 7.04. The quantitative estimate of drug-likeness (QED) is 0.119. The van der Waals surface area contributed by atoms with E-state index in [2.05, 4.69) is 15.6 Å². The number of aromatic nitrogens is 1. The number of aliphatic hydroxyl groups excluding tert-OH is 2. The van der Waals surface area contributed by atoms with E-state index >= 15 is 0 Å². The Labute approximate surface area is 211 Å². The van der Waals surface area contributed by atoms with Gasteiger partial charge in [-0.15, -0.1) is 0 Å².